The van der Waals surface area contributed by atoms with E-state index >= 15 is 0 Å². The van der Waals surface area contributed by atoms with Crippen molar-refractivity contribution >= 4 is 11.9 Å². The number of carboxylic acid groups (broad SMARTS) is 1. The van der Waals surface area contributed by atoms with Gasteiger partial charge in [0.1, 0.15) is 0 Å². The minimum atomic E-state index is -0.825. The molecule has 0 radical (unpaired) electrons. The fourth-order valence-electron chi connectivity index (χ4n) is 1.71. The SMILES string of the molecule is CCN(C(=O)CN(C)CCC(=O)O)C1CC1. The normalized spacial score (nSPS) is 15.2. The van der Waals surface area contributed by atoms with Gasteiger partial charge in [-0.05, 0) is 26.8 Å². The van der Waals surface area contributed by atoms with Crippen molar-refractivity contribution in [3.8, 4) is 0 Å². The van der Waals surface area contributed by atoms with E-state index in [1.807, 2.05) is 11.8 Å². The number of nitrogens with zero attached hydrogens (tertiary/aromatic N) is 2. The highest BCUT2D eigenvalue weighted by Gasteiger charge is 2.31. The van der Waals surface area contributed by atoms with Gasteiger partial charge in [-0.25, -0.2) is 0 Å². The van der Waals surface area contributed by atoms with Crippen molar-refractivity contribution in [2.75, 3.05) is 26.7 Å². The van der Waals surface area contributed by atoms with Gasteiger partial charge < -0.3 is 10.0 Å². The topological polar surface area (TPSA) is 60.9 Å². The summed E-state index contributed by atoms with van der Waals surface area (Å²) in [4.78, 5) is 25.9. The van der Waals surface area contributed by atoms with Crippen molar-refractivity contribution in [2.45, 2.75) is 32.2 Å². The second-order valence-corrected chi connectivity index (χ2v) is 4.29. The first-order valence-corrected chi connectivity index (χ1v) is 5.74. The Hall–Kier alpha value is -1.10. The molecule has 0 aromatic heterocycles. The lowest BCUT2D eigenvalue weighted by molar-refractivity contribution is -0.138. The fourth-order valence-corrected chi connectivity index (χ4v) is 1.71. The molecule has 92 valence electrons. The number of carbonyl (C=O) groups excluding carboxylic acids is 1. The lowest BCUT2D eigenvalue weighted by Gasteiger charge is -2.23. The highest BCUT2D eigenvalue weighted by atomic mass is 16.4. The zero-order valence-electron chi connectivity index (χ0n) is 9.98. The van der Waals surface area contributed by atoms with Crippen molar-refractivity contribution in [2.24, 2.45) is 0 Å². The van der Waals surface area contributed by atoms with Gasteiger partial charge in [-0.2, -0.15) is 0 Å². The molecule has 5 nitrogen and oxygen atoms in total. The van der Waals surface area contributed by atoms with Crippen molar-refractivity contribution < 1.29 is 14.7 Å². The number of carboxylic acids is 1. The van der Waals surface area contributed by atoms with Crippen LogP contribution in [0.1, 0.15) is 26.2 Å². The van der Waals surface area contributed by atoms with E-state index in [0.717, 1.165) is 19.4 Å². The molecule has 1 amide bonds. The molecule has 1 fully saturated rings. The molecular formula is C11H20N2O3. The van der Waals surface area contributed by atoms with Crippen LogP contribution >= 0.6 is 0 Å². The summed E-state index contributed by atoms with van der Waals surface area (Å²) in [5.74, 6) is -0.716. The summed E-state index contributed by atoms with van der Waals surface area (Å²) in [6.07, 6.45) is 2.30. The smallest absolute Gasteiger partial charge is 0.304 e. The van der Waals surface area contributed by atoms with Gasteiger partial charge in [-0.1, -0.05) is 0 Å². The molecule has 0 aliphatic heterocycles. The second kappa shape index (κ2) is 5.84. The second-order valence-electron chi connectivity index (χ2n) is 4.29. The number of hydrogen-bond acceptors (Lipinski definition) is 3. The Bertz CT molecular complexity index is 264. The number of amides is 1. The Labute approximate surface area is 96.0 Å². The van der Waals surface area contributed by atoms with E-state index in [2.05, 4.69) is 0 Å². The predicted octanol–water partition coefficient (Wildman–Crippen LogP) is 0.404. The molecular weight excluding hydrogens is 208 g/mol. The van der Waals surface area contributed by atoms with Gasteiger partial charge in [-0.15, -0.1) is 0 Å². The lowest BCUT2D eigenvalue weighted by atomic mass is 10.3. The maximum atomic E-state index is 11.8. The Morgan fingerprint density at radius 2 is 2.00 bits per heavy atom. The number of hydrogen-bond donors (Lipinski definition) is 1. The van der Waals surface area contributed by atoms with E-state index in [1.54, 1.807) is 11.9 Å². The third kappa shape index (κ3) is 4.18. The van der Waals surface area contributed by atoms with Crippen LogP contribution in [0.25, 0.3) is 0 Å². The van der Waals surface area contributed by atoms with Crippen LogP contribution in [0.4, 0.5) is 0 Å². The Morgan fingerprint density at radius 1 is 1.38 bits per heavy atom. The highest BCUT2D eigenvalue weighted by Crippen LogP contribution is 2.26. The van der Waals surface area contributed by atoms with Crippen molar-refractivity contribution in [3.05, 3.63) is 0 Å². The van der Waals surface area contributed by atoms with Crippen LogP contribution in [0.5, 0.6) is 0 Å². The number of rotatable bonds is 7. The maximum absolute atomic E-state index is 11.8. The third-order valence-corrected chi connectivity index (χ3v) is 2.76. The molecule has 16 heavy (non-hydrogen) atoms. The third-order valence-electron chi connectivity index (χ3n) is 2.76. The van der Waals surface area contributed by atoms with Gasteiger partial charge >= 0.3 is 5.97 Å². The van der Waals surface area contributed by atoms with Crippen LogP contribution in [0, 0.1) is 0 Å². The van der Waals surface area contributed by atoms with Gasteiger partial charge in [0.25, 0.3) is 0 Å². The summed E-state index contributed by atoms with van der Waals surface area (Å²) in [5.41, 5.74) is 0. The zero-order chi connectivity index (χ0) is 12.1. The van der Waals surface area contributed by atoms with Crippen molar-refractivity contribution in [3.63, 3.8) is 0 Å². The van der Waals surface area contributed by atoms with E-state index < -0.39 is 5.97 Å². The molecule has 1 aliphatic carbocycles. The Kier molecular flexibility index (Phi) is 4.73. The lowest BCUT2D eigenvalue weighted by Crippen LogP contribution is -2.40. The molecule has 0 spiro atoms. The van der Waals surface area contributed by atoms with Gasteiger partial charge in [0.15, 0.2) is 0 Å². The van der Waals surface area contributed by atoms with E-state index in [4.69, 9.17) is 5.11 Å². The van der Waals surface area contributed by atoms with Crippen LogP contribution in [0.2, 0.25) is 0 Å². The summed E-state index contributed by atoms with van der Waals surface area (Å²) >= 11 is 0. The maximum Gasteiger partial charge on any atom is 0.304 e. The number of aliphatic carboxylic acids is 1. The van der Waals surface area contributed by atoms with Crippen LogP contribution in [-0.2, 0) is 9.59 Å². The number of likely N-dealkylation sites (N-methyl/N-ethyl adjacent to an activating group) is 2. The van der Waals surface area contributed by atoms with E-state index in [0.29, 0.717) is 19.1 Å². The van der Waals surface area contributed by atoms with Crippen LogP contribution in [0.15, 0.2) is 0 Å². The standard InChI is InChI=1S/C11H20N2O3/c1-3-13(9-4-5-9)10(14)8-12(2)7-6-11(15)16/h9H,3-8H2,1-2H3,(H,15,16). The zero-order valence-corrected chi connectivity index (χ0v) is 9.98. The first kappa shape index (κ1) is 13.0. The quantitative estimate of drug-likeness (QED) is 0.685. The molecule has 0 aromatic carbocycles. The molecule has 1 N–H and O–H groups in total. The van der Waals surface area contributed by atoms with E-state index in [9.17, 15) is 9.59 Å². The molecule has 0 unspecified atom stereocenters. The average Bonchev–Trinajstić information content (AvgIpc) is 3.00. The minimum Gasteiger partial charge on any atom is -0.481 e. The van der Waals surface area contributed by atoms with Gasteiger partial charge in [0.05, 0.1) is 13.0 Å². The minimum absolute atomic E-state index is 0.0827. The van der Waals surface area contributed by atoms with Crippen LogP contribution < -0.4 is 0 Å². The summed E-state index contributed by atoms with van der Waals surface area (Å²) in [6.45, 7) is 3.46. The summed E-state index contributed by atoms with van der Waals surface area (Å²) in [5, 5.41) is 8.53. The molecule has 0 aromatic rings. The van der Waals surface area contributed by atoms with Gasteiger partial charge in [0, 0.05) is 19.1 Å². The van der Waals surface area contributed by atoms with Crippen molar-refractivity contribution in [1.29, 1.82) is 0 Å². The van der Waals surface area contributed by atoms with Gasteiger partial charge in [-0.3, -0.25) is 14.5 Å². The van der Waals surface area contributed by atoms with Crippen LogP contribution in [0.3, 0.4) is 0 Å². The number of carbonyl (C=O) groups is 2. The monoisotopic (exact) mass is 228 g/mol. The summed E-state index contributed by atoms with van der Waals surface area (Å²) < 4.78 is 0. The molecule has 1 rings (SSSR count). The first-order valence-electron chi connectivity index (χ1n) is 5.74. The first-order chi connectivity index (χ1) is 7.54. The highest BCUT2D eigenvalue weighted by molar-refractivity contribution is 5.79. The Balaban J connectivity index is 2.28. The molecule has 1 aliphatic rings. The molecule has 1 saturated carbocycles. The molecule has 0 saturated heterocycles. The van der Waals surface area contributed by atoms with Crippen LogP contribution in [-0.4, -0.2) is 59.5 Å². The van der Waals surface area contributed by atoms with E-state index in [-0.39, 0.29) is 12.3 Å². The molecule has 5 heteroatoms. The molecule has 0 heterocycles. The average molecular weight is 228 g/mol. The summed E-state index contributed by atoms with van der Waals surface area (Å²) in [7, 11) is 1.78. The van der Waals surface area contributed by atoms with Gasteiger partial charge in [0.2, 0.25) is 5.91 Å². The Morgan fingerprint density at radius 3 is 2.44 bits per heavy atom. The van der Waals surface area contributed by atoms with Crippen molar-refractivity contribution in [1.82, 2.24) is 9.80 Å². The predicted molar refractivity (Wildman–Crippen MR) is 60.2 cm³/mol. The largest absolute Gasteiger partial charge is 0.481 e. The summed E-state index contributed by atoms with van der Waals surface area (Å²) in [6, 6.07) is 0.436. The fraction of sp³-hybridized carbons (Fsp3) is 0.818. The van der Waals surface area contributed by atoms with E-state index in [1.165, 1.54) is 0 Å². The molecule has 0 atom stereocenters. The molecule has 0 bridgehead atoms.